The molecule has 4 aromatic rings. The quantitative estimate of drug-likeness (QED) is 0.600. The van der Waals surface area contributed by atoms with Crippen LogP contribution in [0.4, 0.5) is 5.95 Å². The molecule has 0 radical (unpaired) electrons. The van der Waals surface area contributed by atoms with Gasteiger partial charge in [-0.25, -0.2) is 4.98 Å². The van der Waals surface area contributed by atoms with Gasteiger partial charge in [0.2, 0.25) is 11.8 Å². The van der Waals surface area contributed by atoms with Crippen LogP contribution in [0.5, 0.6) is 0 Å². The third-order valence-electron chi connectivity index (χ3n) is 4.28. The smallest absolute Gasteiger partial charge is 0.258 e. The molecule has 0 unspecified atom stereocenters. The van der Waals surface area contributed by atoms with E-state index in [2.05, 4.69) is 20.5 Å². The Morgan fingerprint density at radius 3 is 2.52 bits per heavy atom. The molecule has 0 atom stereocenters. The first-order chi connectivity index (χ1) is 13.1. The number of oxazole rings is 1. The van der Waals surface area contributed by atoms with Crippen molar-refractivity contribution >= 4 is 11.9 Å². The van der Waals surface area contributed by atoms with Crippen LogP contribution in [0.3, 0.4) is 0 Å². The van der Waals surface area contributed by atoms with Gasteiger partial charge in [0.25, 0.3) is 5.91 Å². The summed E-state index contributed by atoms with van der Waals surface area (Å²) >= 11 is 0. The molecule has 1 amide bonds. The van der Waals surface area contributed by atoms with Gasteiger partial charge in [0, 0.05) is 18.2 Å². The first-order valence-corrected chi connectivity index (χ1v) is 8.41. The Balaban J connectivity index is 1.66. The van der Waals surface area contributed by atoms with Gasteiger partial charge in [-0.2, -0.15) is 0 Å². The molecule has 0 spiro atoms. The highest BCUT2D eigenvalue weighted by atomic mass is 16.4. The van der Waals surface area contributed by atoms with E-state index in [-0.39, 0.29) is 5.91 Å². The van der Waals surface area contributed by atoms with Crippen LogP contribution >= 0.6 is 0 Å². The number of rotatable bonds is 4. The van der Waals surface area contributed by atoms with E-state index in [0.29, 0.717) is 34.6 Å². The zero-order valence-corrected chi connectivity index (χ0v) is 14.9. The minimum absolute atomic E-state index is 0.305. The van der Waals surface area contributed by atoms with E-state index in [9.17, 15) is 4.79 Å². The Labute approximate surface area is 155 Å². The fourth-order valence-electron chi connectivity index (χ4n) is 2.69. The van der Waals surface area contributed by atoms with Gasteiger partial charge in [0.05, 0.1) is 11.8 Å². The van der Waals surface area contributed by atoms with Crippen LogP contribution in [0, 0.1) is 6.92 Å². The van der Waals surface area contributed by atoms with Crippen molar-refractivity contribution in [3.63, 3.8) is 0 Å². The second-order valence-electron chi connectivity index (χ2n) is 6.03. The summed E-state index contributed by atoms with van der Waals surface area (Å²) in [6.45, 7) is 1.81. The Bertz CT molecular complexity index is 1100. The number of carbonyl (C=O) groups excluding carboxylic acids is 1. The first kappa shape index (κ1) is 16.7. The highest BCUT2D eigenvalue weighted by Crippen LogP contribution is 2.28. The number of benzene rings is 2. The normalized spacial score (nSPS) is 10.7. The maximum Gasteiger partial charge on any atom is 0.258 e. The van der Waals surface area contributed by atoms with Crippen molar-refractivity contribution in [2.45, 2.75) is 6.92 Å². The van der Waals surface area contributed by atoms with E-state index in [0.717, 1.165) is 5.56 Å². The summed E-state index contributed by atoms with van der Waals surface area (Å²) in [4.78, 5) is 17.1. The summed E-state index contributed by atoms with van der Waals surface area (Å²) in [5, 5.41) is 10.7. The third kappa shape index (κ3) is 3.22. The molecular formula is C20H17N5O2. The van der Waals surface area contributed by atoms with Crippen molar-refractivity contribution in [1.82, 2.24) is 19.7 Å². The lowest BCUT2D eigenvalue weighted by Crippen LogP contribution is -2.16. The number of amides is 1. The number of aromatic nitrogens is 4. The standard InChI is InChI=1S/C20H17N5O2/c1-13-23-24-20(25(13)2)22-18(26)15-10-6-7-11-16(15)19-21-12-17(27-19)14-8-4-3-5-9-14/h3-12H,1-2H3,(H,22,24,26). The van der Waals surface area contributed by atoms with Crippen LogP contribution < -0.4 is 5.32 Å². The molecule has 4 rings (SSSR count). The average molecular weight is 359 g/mol. The van der Waals surface area contributed by atoms with E-state index in [4.69, 9.17) is 4.42 Å². The number of anilines is 1. The van der Waals surface area contributed by atoms with Crippen LogP contribution in [-0.2, 0) is 7.05 Å². The number of aryl methyl sites for hydroxylation is 1. The largest absolute Gasteiger partial charge is 0.436 e. The first-order valence-electron chi connectivity index (χ1n) is 8.41. The molecule has 0 aliphatic carbocycles. The van der Waals surface area contributed by atoms with Crippen molar-refractivity contribution in [1.29, 1.82) is 0 Å². The van der Waals surface area contributed by atoms with Gasteiger partial charge < -0.3 is 8.98 Å². The minimum Gasteiger partial charge on any atom is -0.436 e. The Hall–Kier alpha value is -3.74. The lowest BCUT2D eigenvalue weighted by atomic mass is 10.1. The van der Waals surface area contributed by atoms with E-state index in [1.807, 2.05) is 43.3 Å². The van der Waals surface area contributed by atoms with E-state index in [1.165, 1.54) is 0 Å². The summed E-state index contributed by atoms with van der Waals surface area (Å²) in [6, 6.07) is 16.8. The molecule has 2 aromatic carbocycles. The number of hydrogen-bond acceptors (Lipinski definition) is 5. The van der Waals surface area contributed by atoms with Crippen LogP contribution in [0.25, 0.3) is 22.8 Å². The molecule has 2 heterocycles. The van der Waals surface area contributed by atoms with Gasteiger partial charge in [-0.05, 0) is 19.1 Å². The van der Waals surface area contributed by atoms with Crippen LogP contribution in [0.2, 0.25) is 0 Å². The monoisotopic (exact) mass is 359 g/mol. The number of carbonyl (C=O) groups is 1. The van der Waals surface area contributed by atoms with E-state index < -0.39 is 0 Å². The van der Waals surface area contributed by atoms with Gasteiger partial charge in [0.1, 0.15) is 5.82 Å². The highest BCUT2D eigenvalue weighted by Gasteiger charge is 2.18. The molecule has 0 aliphatic heterocycles. The van der Waals surface area contributed by atoms with E-state index in [1.54, 1.807) is 36.0 Å². The zero-order chi connectivity index (χ0) is 18.8. The summed E-state index contributed by atoms with van der Waals surface area (Å²) in [7, 11) is 1.79. The Morgan fingerprint density at radius 2 is 1.78 bits per heavy atom. The average Bonchev–Trinajstić information content (AvgIpc) is 3.31. The molecule has 134 valence electrons. The predicted molar refractivity (Wildman–Crippen MR) is 101 cm³/mol. The maximum atomic E-state index is 12.8. The van der Waals surface area contributed by atoms with Crippen molar-refractivity contribution in [2.24, 2.45) is 7.05 Å². The van der Waals surface area contributed by atoms with Crippen LogP contribution in [0.15, 0.2) is 65.2 Å². The topological polar surface area (TPSA) is 85.8 Å². The van der Waals surface area contributed by atoms with Crippen molar-refractivity contribution in [2.75, 3.05) is 5.32 Å². The van der Waals surface area contributed by atoms with Gasteiger partial charge in [-0.15, -0.1) is 10.2 Å². The molecule has 0 fully saturated rings. The van der Waals surface area contributed by atoms with Gasteiger partial charge in [-0.3, -0.25) is 10.1 Å². The predicted octanol–water partition coefficient (Wildman–Crippen LogP) is 3.70. The minimum atomic E-state index is -0.305. The highest BCUT2D eigenvalue weighted by molar-refractivity contribution is 6.07. The zero-order valence-electron chi connectivity index (χ0n) is 14.9. The molecule has 7 heteroatoms. The second-order valence-corrected chi connectivity index (χ2v) is 6.03. The number of hydrogen-bond donors (Lipinski definition) is 1. The molecular weight excluding hydrogens is 342 g/mol. The second kappa shape index (κ2) is 6.87. The summed E-state index contributed by atoms with van der Waals surface area (Å²) in [6.07, 6.45) is 1.66. The molecule has 2 aromatic heterocycles. The number of nitrogens with one attached hydrogen (secondary N) is 1. The number of nitrogens with zero attached hydrogens (tertiary/aromatic N) is 4. The fourth-order valence-corrected chi connectivity index (χ4v) is 2.69. The molecule has 0 bridgehead atoms. The van der Waals surface area contributed by atoms with E-state index >= 15 is 0 Å². The summed E-state index contributed by atoms with van der Waals surface area (Å²) < 4.78 is 7.61. The van der Waals surface area contributed by atoms with Gasteiger partial charge >= 0.3 is 0 Å². The van der Waals surface area contributed by atoms with Gasteiger partial charge in [0.15, 0.2) is 5.76 Å². The van der Waals surface area contributed by atoms with Crippen LogP contribution in [0.1, 0.15) is 16.2 Å². The summed E-state index contributed by atoms with van der Waals surface area (Å²) in [5.41, 5.74) is 1.98. The van der Waals surface area contributed by atoms with Crippen molar-refractivity contribution in [3.05, 3.63) is 72.2 Å². The van der Waals surface area contributed by atoms with Gasteiger partial charge in [-0.1, -0.05) is 42.5 Å². The van der Waals surface area contributed by atoms with Crippen LogP contribution in [-0.4, -0.2) is 25.7 Å². The fraction of sp³-hybridized carbons (Fsp3) is 0.100. The SMILES string of the molecule is Cc1nnc(NC(=O)c2ccccc2-c2ncc(-c3ccccc3)o2)n1C. The van der Waals surface area contributed by atoms with Crippen molar-refractivity contribution < 1.29 is 9.21 Å². The van der Waals surface area contributed by atoms with Crippen molar-refractivity contribution in [3.8, 4) is 22.8 Å². The molecule has 1 N–H and O–H groups in total. The Morgan fingerprint density at radius 1 is 1.04 bits per heavy atom. The Kier molecular flexibility index (Phi) is 4.25. The maximum absolute atomic E-state index is 12.8. The molecule has 0 saturated carbocycles. The molecule has 27 heavy (non-hydrogen) atoms. The lowest BCUT2D eigenvalue weighted by Gasteiger charge is -2.07. The molecule has 7 nitrogen and oxygen atoms in total. The summed E-state index contributed by atoms with van der Waals surface area (Å²) in [5.74, 6) is 1.81. The molecule has 0 aliphatic rings. The lowest BCUT2D eigenvalue weighted by molar-refractivity contribution is 0.102. The third-order valence-corrected chi connectivity index (χ3v) is 4.28. The molecule has 0 saturated heterocycles.